The van der Waals surface area contributed by atoms with Crippen molar-refractivity contribution >= 4 is 5.91 Å². The lowest BCUT2D eigenvalue weighted by atomic mass is 9.79. The molecule has 0 radical (unpaired) electrons. The lowest BCUT2D eigenvalue weighted by molar-refractivity contribution is 0.0511. The van der Waals surface area contributed by atoms with Crippen molar-refractivity contribution in [1.29, 1.82) is 0 Å². The first-order valence-corrected chi connectivity index (χ1v) is 9.25. The number of aromatic nitrogens is 2. The van der Waals surface area contributed by atoms with Gasteiger partial charge in [-0.2, -0.15) is 5.10 Å². The van der Waals surface area contributed by atoms with E-state index in [9.17, 15) is 9.18 Å². The zero-order chi connectivity index (χ0) is 19.4. The van der Waals surface area contributed by atoms with Crippen LogP contribution < -0.4 is 10.6 Å². The highest BCUT2D eigenvalue weighted by atomic mass is 19.1. The summed E-state index contributed by atoms with van der Waals surface area (Å²) in [7, 11) is 1.68. The molecule has 7 heteroatoms. The molecule has 3 rings (SSSR count). The van der Waals surface area contributed by atoms with Gasteiger partial charge in [0.25, 0.3) is 5.91 Å². The minimum absolute atomic E-state index is 0.0716. The Morgan fingerprint density at radius 2 is 2.07 bits per heavy atom. The van der Waals surface area contributed by atoms with Gasteiger partial charge in [0, 0.05) is 30.3 Å². The van der Waals surface area contributed by atoms with E-state index in [1.54, 1.807) is 23.9 Å². The molecule has 2 heterocycles. The van der Waals surface area contributed by atoms with Gasteiger partial charge < -0.3 is 15.4 Å². The second-order valence-corrected chi connectivity index (χ2v) is 7.37. The highest BCUT2D eigenvalue weighted by Crippen LogP contribution is 2.28. The van der Waals surface area contributed by atoms with Crippen molar-refractivity contribution in [3.05, 3.63) is 47.0 Å². The fraction of sp³-hybridized carbons (Fsp3) is 0.500. The first kappa shape index (κ1) is 19.5. The van der Waals surface area contributed by atoms with Gasteiger partial charge in [-0.05, 0) is 64.0 Å². The number of carbonyl (C=O) groups is 1. The molecule has 2 aromatic rings. The number of nitrogens with one attached hydrogen (secondary N) is 2. The number of halogens is 1. The summed E-state index contributed by atoms with van der Waals surface area (Å²) >= 11 is 0. The van der Waals surface area contributed by atoms with Crippen molar-refractivity contribution in [1.82, 2.24) is 20.4 Å². The van der Waals surface area contributed by atoms with E-state index in [0.717, 1.165) is 37.3 Å². The second kappa shape index (κ2) is 8.19. The number of nitrogens with zero attached hydrogens (tertiary/aromatic N) is 2. The Bertz CT molecular complexity index is 807. The molecule has 1 aliphatic heterocycles. The predicted molar refractivity (Wildman–Crippen MR) is 102 cm³/mol. The number of methoxy groups -OCH3 is 1. The summed E-state index contributed by atoms with van der Waals surface area (Å²) in [6.45, 7) is 6.66. The van der Waals surface area contributed by atoms with Crippen LogP contribution in [0, 0.1) is 25.1 Å². The smallest absolute Gasteiger partial charge is 0.251 e. The number of aryl methyl sites for hydroxylation is 2. The highest BCUT2D eigenvalue weighted by molar-refractivity contribution is 5.94. The van der Waals surface area contributed by atoms with Crippen LogP contribution in [-0.2, 0) is 4.74 Å². The Hall–Kier alpha value is -2.25. The van der Waals surface area contributed by atoms with E-state index in [1.807, 2.05) is 19.9 Å². The molecule has 0 bridgehead atoms. The monoisotopic (exact) mass is 374 g/mol. The number of ether oxygens (including phenoxy) is 1. The van der Waals surface area contributed by atoms with E-state index in [1.165, 1.54) is 6.07 Å². The third-order valence-electron chi connectivity index (χ3n) is 5.19. The van der Waals surface area contributed by atoms with E-state index < -0.39 is 5.82 Å². The maximum atomic E-state index is 14.6. The van der Waals surface area contributed by atoms with Crippen LogP contribution in [0.2, 0.25) is 0 Å². The molecule has 1 saturated heterocycles. The summed E-state index contributed by atoms with van der Waals surface area (Å²) in [6.07, 6.45) is 1.87. The van der Waals surface area contributed by atoms with Crippen LogP contribution in [0.4, 0.5) is 4.39 Å². The van der Waals surface area contributed by atoms with Gasteiger partial charge >= 0.3 is 0 Å². The minimum Gasteiger partial charge on any atom is -0.384 e. The molecule has 146 valence electrons. The largest absolute Gasteiger partial charge is 0.384 e. The second-order valence-electron chi connectivity index (χ2n) is 7.37. The summed E-state index contributed by atoms with van der Waals surface area (Å²) < 4.78 is 21.5. The molecule has 0 saturated carbocycles. The van der Waals surface area contributed by atoms with Crippen LogP contribution in [0.5, 0.6) is 0 Å². The number of carbonyl (C=O) groups excluding carboxylic acids is 1. The molecule has 0 spiro atoms. The maximum absolute atomic E-state index is 14.6. The molecular weight excluding hydrogens is 347 g/mol. The SMILES string of the molecule is COCC1(CNC(=O)c2ccc(-n3nc(C)cc3C)c(F)c2)CCNCC1. The number of hydrogen-bond donors (Lipinski definition) is 2. The summed E-state index contributed by atoms with van der Waals surface area (Å²) in [5.41, 5.74) is 2.23. The molecule has 6 nitrogen and oxygen atoms in total. The third-order valence-corrected chi connectivity index (χ3v) is 5.19. The maximum Gasteiger partial charge on any atom is 0.251 e. The molecule has 0 atom stereocenters. The molecule has 1 amide bonds. The Kier molecular flexibility index (Phi) is 5.92. The highest BCUT2D eigenvalue weighted by Gasteiger charge is 2.32. The topological polar surface area (TPSA) is 68.2 Å². The van der Waals surface area contributed by atoms with Gasteiger partial charge in [0.15, 0.2) is 0 Å². The lowest BCUT2D eigenvalue weighted by Crippen LogP contribution is -2.47. The number of amides is 1. The Morgan fingerprint density at radius 3 is 2.67 bits per heavy atom. The van der Waals surface area contributed by atoms with Gasteiger partial charge in [0.05, 0.1) is 12.3 Å². The summed E-state index contributed by atoms with van der Waals surface area (Å²) in [5.74, 6) is -0.745. The van der Waals surface area contributed by atoms with Gasteiger partial charge in [-0.25, -0.2) is 9.07 Å². The van der Waals surface area contributed by atoms with Crippen molar-refractivity contribution in [3.63, 3.8) is 0 Å². The third kappa shape index (κ3) is 4.36. The molecule has 2 N–H and O–H groups in total. The Morgan fingerprint density at radius 1 is 1.33 bits per heavy atom. The molecule has 1 fully saturated rings. The zero-order valence-electron chi connectivity index (χ0n) is 16.1. The summed E-state index contributed by atoms with van der Waals surface area (Å²) in [4.78, 5) is 12.5. The van der Waals surface area contributed by atoms with E-state index in [4.69, 9.17) is 4.74 Å². The molecular formula is C20H27FN4O2. The van der Waals surface area contributed by atoms with Crippen molar-refractivity contribution < 1.29 is 13.9 Å². The van der Waals surface area contributed by atoms with Gasteiger partial charge in [0.2, 0.25) is 0 Å². The quantitative estimate of drug-likeness (QED) is 0.815. The van der Waals surface area contributed by atoms with E-state index in [0.29, 0.717) is 24.4 Å². The van der Waals surface area contributed by atoms with E-state index in [2.05, 4.69) is 15.7 Å². The fourth-order valence-corrected chi connectivity index (χ4v) is 3.70. The summed E-state index contributed by atoms with van der Waals surface area (Å²) in [5, 5.41) is 10.6. The lowest BCUT2D eigenvalue weighted by Gasteiger charge is -2.37. The van der Waals surface area contributed by atoms with Crippen LogP contribution >= 0.6 is 0 Å². The van der Waals surface area contributed by atoms with Crippen molar-refractivity contribution in [2.45, 2.75) is 26.7 Å². The van der Waals surface area contributed by atoms with Crippen molar-refractivity contribution in [2.75, 3.05) is 33.4 Å². The number of hydrogen-bond acceptors (Lipinski definition) is 4. The van der Waals surface area contributed by atoms with Crippen LogP contribution in [-0.4, -0.2) is 49.0 Å². The van der Waals surface area contributed by atoms with Gasteiger partial charge in [-0.3, -0.25) is 4.79 Å². The fourth-order valence-electron chi connectivity index (χ4n) is 3.70. The Balaban J connectivity index is 1.71. The van der Waals surface area contributed by atoms with Gasteiger partial charge in [-0.1, -0.05) is 0 Å². The van der Waals surface area contributed by atoms with Crippen molar-refractivity contribution in [2.24, 2.45) is 5.41 Å². The zero-order valence-corrected chi connectivity index (χ0v) is 16.1. The predicted octanol–water partition coefficient (Wildman–Crippen LogP) is 2.37. The average molecular weight is 374 g/mol. The van der Waals surface area contributed by atoms with E-state index >= 15 is 0 Å². The summed E-state index contributed by atoms with van der Waals surface area (Å²) in [6, 6.07) is 6.38. The molecule has 0 unspecified atom stereocenters. The van der Waals surface area contributed by atoms with Crippen LogP contribution in [0.15, 0.2) is 24.3 Å². The number of piperidine rings is 1. The standard InChI is InChI=1S/C20H27FN4O2/c1-14-10-15(2)25(24-14)18-5-4-16(11-17(18)21)19(26)23-12-20(13-27-3)6-8-22-9-7-20/h4-5,10-11,22H,6-9,12-13H2,1-3H3,(H,23,26). The number of benzene rings is 1. The molecule has 0 aliphatic carbocycles. The number of rotatable bonds is 6. The van der Waals surface area contributed by atoms with E-state index in [-0.39, 0.29) is 11.3 Å². The average Bonchev–Trinajstić information content (AvgIpc) is 2.98. The molecule has 1 aliphatic rings. The Labute approximate surface area is 159 Å². The van der Waals surface area contributed by atoms with Gasteiger partial charge in [0.1, 0.15) is 11.5 Å². The van der Waals surface area contributed by atoms with Gasteiger partial charge in [-0.15, -0.1) is 0 Å². The first-order chi connectivity index (χ1) is 12.9. The molecule has 1 aromatic carbocycles. The first-order valence-electron chi connectivity index (χ1n) is 9.25. The van der Waals surface area contributed by atoms with Crippen LogP contribution in [0.3, 0.4) is 0 Å². The molecule has 1 aromatic heterocycles. The van der Waals surface area contributed by atoms with Crippen LogP contribution in [0.25, 0.3) is 5.69 Å². The molecule has 27 heavy (non-hydrogen) atoms. The normalized spacial score (nSPS) is 16.3. The minimum atomic E-state index is -0.470. The van der Waals surface area contributed by atoms with Crippen LogP contribution in [0.1, 0.15) is 34.6 Å². The van der Waals surface area contributed by atoms with Crippen molar-refractivity contribution in [3.8, 4) is 5.69 Å².